The zero-order valence-corrected chi connectivity index (χ0v) is 8.67. The Morgan fingerprint density at radius 2 is 1.69 bits per heavy atom. The second-order valence-electron chi connectivity index (χ2n) is 3.20. The monoisotopic (exact) mass is 189 g/mol. The minimum absolute atomic E-state index is 0.711. The lowest BCUT2D eigenvalue weighted by Gasteiger charge is -2.15. The Hall–Kier alpha value is -0.160. The lowest BCUT2D eigenvalue weighted by Crippen LogP contribution is -2.26. The third-order valence-electron chi connectivity index (χ3n) is 1.85. The average Bonchev–Trinajstić information content (AvgIpc) is 2.14. The maximum atomic E-state index is 5.40. The lowest BCUT2D eigenvalue weighted by atomic mass is 10.4. The number of hydrogen-bond acceptors (Lipinski definition) is 4. The first kappa shape index (κ1) is 12.8. The molecule has 0 atom stereocenters. The van der Waals surface area contributed by atoms with Crippen LogP contribution in [0.15, 0.2) is 0 Å². The normalized spacial score (nSPS) is 11.1. The number of rotatable bonds is 9. The summed E-state index contributed by atoms with van der Waals surface area (Å²) in [6, 6.07) is 0. The predicted molar refractivity (Wildman–Crippen MR) is 55.7 cm³/mol. The molecule has 0 amide bonds. The SMILES string of the molecule is CN(CCCN)CCOCCCN. The van der Waals surface area contributed by atoms with E-state index in [0.717, 1.165) is 45.7 Å². The van der Waals surface area contributed by atoms with Gasteiger partial charge in [-0.2, -0.15) is 0 Å². The van der Waals surface area contributed by atoms with E-state index in [-0.39, 0.29) is 0 Å². The van der Waals surface area contributed by atoms with Gasteiger partial charge in [-0.3, -0.25) is 0 Å². The summed E-state index contributed by atoms with van der Waals surface area (Å²) in [7, 11) is 2.09. The maximum Gasteiger partial charge on any atom is 0.0593 e. The van der Waals surface area contributed by atoms with Gasteiger partial charge < -0.3 is 21.1 Å². The van der Waals surface area contributed by atoms with Crippen molar-refractivity contribution < 1.29 is 4.74 Å². The Morgan fingerprint density at radius 3 is 2.31 bits per heavy atom. The molecule has 4 N–H and O–H groups in total. The maximum absolute atomic E-state index is 5.40. The van der Waals surface area contributed by atoms with Gasteiger partial charge in [0.2, 0.25) is 0 Å². The largest absolute Gasteiger partial charge is 0.380 e. The van der Waals surface area contributed by atoms with Crippen LogP contribution in [0.5, 0.6) is 0 Å². The second kappa shape index (κ2) is 9.92. The molecule has 4 heteroatoms. The molecule has 0 saturated carbocycles. The Labute approximate surface area is 81.2 Å². The molecule has 0 fully saturated rings. The third kappa shape index (κ3) is 9.76. The predicted octanol–water partition coefficient (Wildman–Crippen LogP) is -0.368. The molecule has 13 heavy (non-hydrogen) atoms. The summed E-state index contributed by atoms with van der Waals surface area (Å²) in [5, 5.41) is 0. The molecule has 0 rings (SSSR count). The first-order valence-electron chi connectivity index (χ1n) is 4.97. The molecule has 0 radical (unpaired) electrons. The van der Waals surface area contributed by atoms with E-state index in [1.54, 1.807) is 0 Å². The first-order valence-corrected chi connectivity index (χ1v) is 4.97. The highest BCUT2D eigenvalue weighted by Gasteiger charge is 1.96. The summed E-state index contributed by atoms with van der Waals surface area (Å²) in [6.45, 7) is 5.07. The molecule has 0 aromatic rings. The highest BCUT2D eigenvalue weighted by Crippen LogP contribution is 1.87. The van der Waals surface area contributed by atoms with Crippen LogP contribution >= 0.6 is 0 Å². The van der Waals surface area contributed by atoms with E-state index < -0.39 is 0 Å². The van der Waals surface area contributed by atoms with Crippen molar-refractivity contribution in [2.24, 2.45) is 11.5 Å². The van der Waals surface area contributed by atoms with E-state index in [2.05, 4.69) is 11.9 Å². The first-order chi connectivity index (χ1) is 6.31. The molecule has 0 aliphatic heterocycles. The fourth-order valence-electron chi connectivity index (χ4n) is 0.981. The Morgan fingerprint density at radius 1 is 1.00 bits per heavy atom. The van der Waals surface area contributed by atoms with E-state index in [0.29, 0.717) is 6.54 Å². The minimum atomic E-state index is 0.711. The fraction of sp³-hybridized carbons (Fsp3) is 1.00. The van der Waals surface area contributed by atoms with Gasteiger partial charge >= 0.3 is 0 Å². The number of nitrogens with zero attached hydrogens (tertiary/aromatic N) is 1. The standard InChI is InChI=1S/C9H23N3O/c1-12(6-2-4-10)7-9-13-8-3-5-11/h2-11H2,1H3. The number of hydrogen-bond donors (Lipinski definition) is 2. The van der Waals surface area contributed by atoms with E-state index >= 15 is 0 Å². The van der Waals surface area contributed by atoms with Gasteiger partial charge in [0.15, 0.2) is 0 Å². The van der Waals surface area contributed by atoms with Crippen LogP contribution < -0.4 is 11.5 Å². The van der Waals surface area contributed by atoms with Gasteiger partial charge in [-0.1, -0.05) is 0 Å². The van der Waals surface area contributed by atoms with Crippen molar-refractivity contribution in [3.63, 3.8) is 0 Å². The molecular weight excluding hydrogens is 166 g/mol. The summed E-state index contributed by atoms with van der Waals surface area (Å²) in [6.07, 6.45) is 2.01. The number of likely N-dealkylation sites (N-methyl/N-ethyl adjacent to an activating group) is 1. The van der Waals surface area contributed by atoms with Crippen molar-refractivity contribution in [2.75, 3.05) is 46.4 Å². The van der Waals surface area contributed by atoms with Gasteiger partial charge in [0.25, 0.3) is 0 Å². The third-order valence-corrected chi connectivity index (χ3v) is 1.85. The van der Waals surface area contributed by atoms with Crippen molar-refractivity contribution >= 4 is 0 Å². The summed E-state index contributed by atoms with van der Waals surface area (Å²) in [5.74, 6) is 0. The van der Waals surface area contributed by atoms with Gasteiger partial charge in [0.05, 0.1) is 6.61 Å². The van der Waals surface area contributed by atoms with Crippen molar-refractivity contribution in [1.82, 2.24) is 4.90 Å². The van der Waals surface area contributed by atoms with Gasteiger partial charge in [-0.25, -0.2) is 0 Å². The molecule has 80 valence electrons. The molecule has 0 bridgehead atoms. The van der Waals surface area contributed by atoms with Crippen LogP contribution in [0.2, 0.25) is 0 Å². The van der Waals surface area contributed by atoms with E-state index in [4.69, 9.17) is 16.2 Å². The van der Waals surface area contributed by atoms with Crippen LogP contribution in [0.25, 0.3) is 0 Å². The fourth-order valence-corrected chi connectivity index (χ4v) is 0.981. The Bertz CT molecular complexity index is 101. The highest BCUT2D eigenvalue weighted by molar-refractivity contribution is 4.51. The van der Waals surface area contributed by atoms with Crippen LogP contribution in [-0.4, -0.2) is 51.3 Å². The molecule has 0 aliphatic carbocycles. The molecule has 0 aromatic heterocycles. The van der Waals surface area contributed by atoms with Crippen LogP contribution in [0.4, 0.5) is 0 Å². The molecule has 0 aliphatic rings. The van der Waals surface area contributed by atoms with Crippen LogP contribution in [0.1, 0.15) is 12.8 Å². The zero-order valence-electron chi connectivity index (χ0n) is 8.67. The van der Waals surface area contributed by atoms with E-state index in [9.17, 15) is 0 Å². The summed E-state index contributed by atoms with van der Waals surface area (Å²) in [4.78, 5) is 2.23. The van der Waals surface area contributed by atoms with Crippen molar-refractivity contribution in [1.29, 1.82) is 0 Å². The molecule has 0 aromatic carbocycles. The quantitative estimate of drug-likeness (QED) is 0.486. The van der Waals surface area contributed by atoms with Crippen molar-refractivity contribution in [2.45, 2.75) is 12.8 Å². The lowest BCUT2D eigenvalue weighted by molar-refractivity contribution is 0.110. The number of nitrogens with two attached hydrogens (primary N) is 2. The molecule has 0 spiro atoms. The van der Waals surface area contributed by atoms with Gasteiger partial charge in [-0.15, -0.1) is 0 Å². The summed E-state index contributed by atoms with van der Waals surface area (Å²) >= 11 is 0. The van der Waals surface area contributed by atoms with Crippen molar-refractivity contribution in [3.05, 3.63) is 0 Å². The Kier molecular flexibility index (Phi) is 9.80. The average molecular weight is 189 g/mol. The zero-order chi connectivity index (χ0) is 9.94. The molecule has 0 unspecified atom stereocenters. The van der Waals surface area contributed by atoms with Gasteiger partial charge in [0, 0.05) is 13.2 Å². The highest BCUT2D eigenvalue weighted by atomic mass is 16.5. The van der Waals surface area contributed by atoms with Crippen LogP contribution in [-0.2, 0) is 4.74 Å². The molecule has 0 heterocycles. The molecular formula is C9H23N3O. The summed E-state index contributed by atoms with van der Waals surface area (Å²) < 4.78 is 5.37. The minimum Gasteiger partial charge on any atom is -0.380 e. The van der Waals surface area contributed by atoms with E-state index in [1.165, 1.54) is 0 Å². The smallest absolute Gasteiger partial charge is 0.0593 e. The van der Waals surface area contributed by atoms with Crippen LogP contribution in [0, 0.1) is 0 Å². The van der Waals surface area contributed by atoms with Gasteiger partial charge in [0.1, 0.15) is 0 Å². The van der Waals surface area contributed by atoms with Gasteiger partial charge in [-0.05, 0) is 39.5 Å². The Balaban J connectivity index is 3.03. The molecule has 0 saturated heterocycles. The van der Waals surface area contributed by atoms with Crippen molar-refractivity contribution in [3.8, 4) is 0 Å². The number of ether oxygens (including phenoxy) is 1. The van der Waals surface area contributed by atoms with E-state index in [1.807, 2.05) is 0 Å². The molecule has 4 nitrogen and oxygen atoms in total. The topological polar surface area (TPSA) is 64.5 Å². The van der Waals surface area contributed by atoms with Crippen LogP contribution in [0.3, 0.4) is 0 Å². The second-order valence-corrected chi connectivity index (χ2v) is 3.20. The summed E-state index contributed by atoms with van der Waals surface area (Å²) in [5.41, 5.74) is 10.7.